The minimum absolute atomic E-state index is 0.384. The predicted molar refractivity (Wildman–Crippen MR) is 80.4 cm³/mol. The van der Waals surface area contributed by atoms with Crippen molar-refractivity contribution in [3.8, 4) is 11.5 Å². The Balaban J connectivity index is 2.26. The van der Waals surface area contributed by atoms with Gasteiger partial charge in [-0.25, -0.2) is 0 Å². The van der Waals surface area contributed by atoms with E-state index in [2.05, 4.69) is 5.16 Å². The number of rotatable bonds is 5. The molecule has 0 aliphatic rings. The number of carbonyl (C=O) groups is 1. The van der Waals surface area contributed by atoms with Crippen LogP contribution in [0.1, 0.15) is 37.0 Å². The molecule has 1 atom stereocenters. The fourth-order valence-corrected chi connectivity index (χ4v) is 1.78. The molecule has 22 heavy (non-hydrogen) atoms. The molecule has 0 saturated heterocycles. The van der Waals surface area contributed by atoms with Gasteiger partial charge >= 0.3 is 5.97 Å². The summed E-state index contributed by atoms with van der Waals surface area (Å²) in [6.45, 7) is 2.93. The fourth-order valence-electron chi connectivity index (χ4n) is 1.78. The first-order valence-electron chi connectivity index (χ1n) is 6.69. The highest BCUT2D eigenvalue weighted by molar-refractivity contribution is 5.76. The lowest BCUT2D eigenvalue weighted by atomic mass is 10.1. The third kappa shape index (κ3) is 3.95. The maximum absolute atomic E-state index is 11.2. The third-order valence-corrected chi connectivity index (χ3v) is 2.87. The van der Waals surface area contributed by atoms with Crippen molar-refractivity contribution in [1.29, 1.82) is 0 Å². The van der Waals surface area contributed by atoms with E-state index in [-0.39, 0.29) is 0 Å². The Labute approximate surface area is 128 Å². The summed E-state index contributed by atoms with van der Waals surface area (Å²) >= 11 is 0. The summed E-state index contributed by atoms with van der Waals surface area (Å²) in [4.78, 5) is 11.2. The summed E-state index contributed by atoms with van der Waals surface area (Å²) in [6, 6.07) is 6.79. The Kier molecular flexibility index (Phi) is 4.95. The predicted octanol–water partition coefficient (Wildman–Crippen LogP) is 2.83. The lowest BCUT2D eigenvalue weighted by Crippen LogP contribution is -2.03. The average Bonchev–Trinajstić information content (AvgIpc) is 2.94. The molecule has 2 rings (SSSR count). The second-order valence-electron chi connectivity index (χ2n) is 4.66. The Bertz CT molecular complexity index is 688. The highest BCUT2D eigenvalue weighted by Crippen LogP contribution is 2.27. The molecule has 116 valence electrons. The maximum atomic E-state index is 11.2. The Morgan fingerprint density at radius 3 is 2.73 bits per heavy atom. The first-order valence-corrected chi connectivity index (χ1v) is 6.69. The van der Waals surface area contributed by atoms with Crippen LogP contribution in [0.4, 0.5) is 0 Å². The highest BCUT2D eigenvalue weighted by atomic mass is 16.5. The normalized spacial score (nSPS) is 12.4. The molecule has 1 aromatic carbocycles. The second-order valence-corrected chi connectivity index (χ2v) is 4.66. The van der Waals surface area contributed by atoms with Gasteiger partial charge in [0, 0.05) is 24.6 Å². The van der Waals surface area contributed by atoms with Crippen LogP contribution in [0.5, 0.6) is 11.5 Å². The molecule has 0 aliphatic carbocycles. The minimum atomic E-state index is -0.716. The topological polar surface area (TPSA) is 81.8 Å². The van der Waals surface area contributed by atoms with Crippen molar-refractivity contribution >= 4 is 18.1 Å². The first-order chi connectivity index (χ1) is 10.5. The van der Waals surface area contributed by atoms with E-state index in [1.165, 1.54) is 14.0 Å². The molecule has 1 aromatic heterocycles. The Hall–Kier alpha value is -2.60. The zero-order valence-corrected chi connectivity index (χ0v) is 12.6. The fraction of sp³-hybridized carbons (Fsp3) is 0.250. The molecular weight excluding hydrogens is 286 g/mol. The molecule has 6 heteroatoms. The van der Waals surface area contributed by atoms with Crippen LogP contribution in [0.15, 0.2) is 28.8 Å². The van der Waals surface area contributed by atoms with Crippen molar-refractivity contribution in [2.75, 3.05) is 7.11 Å². The van der Waals surface area contributed by atoms with Crippen LogP contribution >= 0.6 is 0 Å². The number of hydrogen-bond acceptors (Lipinski definition) is 6. The highest BCUT2D eigenvalue weighted by Gasteiger charge is 2.09. The molecule has 0 fully saturated rings. The molecule has 1 heterocycles. The molecule has 0 spiro atoms. The minimum Gasteiger partial charge on any atom is -0.497 e. The number of esters is 1. The molecule has 0 bridgehead atoms. The van der Waals surface area contributed by atoms with E-state index in [9.17, 15) is 9.90 Å². The second kappa shape index (κ2) is 6.91. The van der Waals surface area contributed by atoms with Gasteiger partial charge in [-0.15, -0.1) is 0 Å². The quantitative estimate of drug-likeness (QED) is 0.675. The van der Waals surface area contributed by atoms with Crippen LogP contribution in [0.3, 0.4) is 0 Å². The number of carbonyl (C=O) groups excluding carboxylic acids is 1. The Morgan fingerprint density at radius 2 is 2.14 bits per heavy atom. The molecule has 1 N–H and O–H groups in total. The molecule has 0 saturated carbocycles. The van der Waals surface area contributed by atoms with Crippen LogP contribution in [0, 0.1) is 0 Å². The van der Waals surface area contributed by atoms with Crippen LogP contribution in [0.2, 0.25) is 0 Å². The molecule has 0 radical (unpaired) electrons. The monoisotopic (exact) mass is 303 g/mol. The lowest BCUT2D eigenvalue weighted by molar-refractivity contribution is -0.131. The van der Waals surface area contributed by atoms with Crippen LogP contribution in [0.25, 0.3) is 12.2 Å². The van der Waals surface area contributed by atoms with Crippen LogP contribution < -0.4 is 9.47 Å². The van der Waals surface area contributed by atoms with Crippen LogP contribution in [-0.4, -0.2) is 23.3 Å². The van der Waals surface area contributed by atoms with Gasteiger partial charge in [0.05, 0.1) is 7.11 Å². The smallest absolute Gasteiger partial charge is 0.308 e. The van der Waals surface area contributed by atoms with Gasteiger partial charge in [0.2, 0.25) is 0 Å². The van der Waals surface area contributed by atoms with Crippen molar-refractivity contribution < 1.29 is 23.9 Å². The van der Waals surface area contributed by atoms with E-state index >= 15 is 0 Å². The summed E-state index contributed by atoms with van der Waals surface area (Å²) in [5, 5.41) is 13.2. The third-order valence-electron chi connectivity index (χ3n) is 2.87. The maximum Gasteiger partial charge on any atom is 0.308 e. The summed E-state index contributed by atoms with van der Waals surface area (Å²) in [6.07, 6.45) is 2.72. The van der Waals surface area contributed by atoms with Crippen molar-refractivity contribution in [2.24, 2.45) is 0 Å². The van der Waals surface area contributed by atoms with E-state index in [0.29, 0.717) is 28.5 Å². The standard InChI is InChI=1S/C16H17NO5/c1-10(18)15-8-13(17-22-15)6-4-12-5-7-14(20-3)9-16(12)21-11(2)19/h4-10,18H,1-3H3/b6-4+. The van der Waals surface area contributed by atoms with E-state index in [1.54, 1.807) is 43.3 Å². The first kappa shape index (κ1) is 15.8. The van der Waals surface area contributed by atoms with Crippen molar-refractivity contribution in [3.63, 3.8) is 0 Å². The molecule has 1 unspecified atom stereocenters. The number of aliphatic hydroxyl groups excluding tert-OH is 1. The van der Waals surface area contributed by atoms with Gasteiger partial charge in [0.1, 0.15) is 23.3 Å². The van der Waals surface area contributed by atoms with E-state index in [0.717, 1.165) is 0 Å². The zero-order chi connectivity index (χ0) is 16.1. The van der Waals surface area contributed by atoms with Gasteiger partial charge in [0.15, 0.2) is 5.76 Å². The summed E-state index contributed by atoms with van der Waals surface area (Å²) < 4.78 is 15.3. The van der Waals surface area contributed by atoms with Crippen LogP contribution in [-0.2, 0) is 4.79 Å². The van der Waals surface area contributed by atoms with Gasteiger partial charge in [-0.1, -0.05) is 5.16 Å². The molecular formula is C16H17NO5. The molecule has 0 amide bonds. The van der Waals surface area contributed by atoms with Gasteiger partial charge in [0.25, 0.3) is 0 Å². The number of ether oxygens (including phenoxy) is 2. The number of hydrogen-bond donors (Lipinski definition) is 1. The van der Waals surface area contributed by atoms with Gasteiger partial charge in [-0.05, 0) is 31.2 Å². The van der Waals surface area contributed by atoms with E-state index in [1.807, 2.05) is 0 Å². The van der Waals surface area contributed by atoms with Gasteiger partial charge in [-0.3, -0.25) is 4.79 Å². The number of benzene rings is 1. The van der Waals surface area contributed by atoms with Crippen molar-refractivity contribution in [1.82, 2.24) is 5.16 Å². The lowest BCUT2D eigenvalue weighted by Gasteiger charge is -2.07. The number of aliphatic hydroxyl groups is 1. The summed E-state index contributed by atoms with van der Waals surface area (Å²) in [5.41, 5.74) is 1.25. The largest absolute Gasteiger partial charge is 0.497 e. The number of aromatic nitrogens is 1. The molecule has 2 aromatic rings. The van der Waals surface area contributed by atoms with Gasteiger partial charge < -0.3 is 19.1 Å². The number of nitrogens with zero attached hydrogens (tertiary/aromatic N) is 1. The molecule has 6 nitrogen and oxygen atoms in total. The Morgan fingerprint density at radius 1 is 1.36 bits per heavy atom. The number of methoxy groups -OCH3 is 1. The summed E-state index contributed by atoms with van der Waals surface area (Å²) in [7, 11) is 1.54. The summed E-state index contributed by atoms with van der Waals surface area (Å²) in [5.74, 6) is 0.948. The van der Waals surface area contributed by atoms with Crippen molar-refractivity contribution in [3.05, 3.63) is 41.3 Å². The zero-order valence-electron chi connectivity index (χ0n) is 12.6. The molecule has 0 aliphatic heterocycles. The average molecular weight is 303 g/mol. The van der Waals surface area contributed by atoms with Gasteiger partial charge in [-0.2, -0.15) is 0 Å². The SMILES string of the molecule is COc1ccc(/C=C/c2cc(C(C)O)on2)c(OC(C)=O)c1. The van der Waals surface area contributed by atoms with E-state index < -0.39 is 12.1 Å². The van der Waals surface area contributed by atoms with E-state index in [4.69, 9.17) is 14.0 Å². The van der Waals surface area contributed by atoms with Crippen molar-refractivity contribution in [2.45, 2.75) is 20.0 Å².